The number of ether oxygens (including phenoxy) is 1. The first-order valence-corrected chi connectivity index (χ1v) is 14.0. The smallest absolute Gasteiger partial charge is 0.166 e. The molecular weight excluding hydrogens is 469 g/mol. The molecule has 3 aromatic rings. The Balaban J connectivity index is 1.32. The van der Waals surface area contributed by atoms with Crippen molar-refractivity contribution in [2.45, 2.75) is 96.7 Å². The molecule has 3 aromatic carbocycles. The van der Waals surface area contributed by atoms with Gasteiger partial charge in [-0.05, 0) is 79.2 Å². The van der Waals surface area contributed by atoms with E-state index in [1.165, 1.54) is 5.56 Å². The third kappa shape index (κ3) is 7.04. The molecule has 4 rings (SSSR count). The first-order chi connectivity index (χ1) is 18.0. The second kappa shape index (κ2) is 13.3. The van der Waals surface area contributed by atoms with Crippen molar-refractivity contribution in [3.05, 3.63) is 94.3 Å². The summed E-state index contributed by atoms with van der Waals surface area (Å²) < 4.78 is 50.7. The van der Waals surface area contributed by atoms with Gasteiger partial charge in [0.25, 0.3) is 0 Å². The molecule has 0 aromatic heterocycles. The maximum Gasteiger partial charge on any atom is 0.166 e. The molecule has 1 nitrogen and oxygen atoms in total. The van der Waals surface area contributed by atoms with Gasteiger partial charge in [0.15, 0.2) is 11.6 Å². The van der Waals surface area contributed by atoms with E-state index in [2.05, 4.69) is 13.8 Å². The molecule has 0 bridgehead atoms. The van der Waals surface area contributed by atoms with E-state index in [4.69, 9.17) is 4.74 Å². The van der Waals surface area contributed by atoms with Crippen LogP contribution in [-0.2, 0) is 24.2 Å². The van der Waals surface area contributed by atoms with Crippen molar-refractivity contribution in [2.24, 2.45) is 0 Å². The number of hydrogen-bond acceptors (Lipinski definition) is 1. The van der Waals surface area contributed by atoms with Gasteiger partial charge in [-0.2, -0.15) is 0 Å². The summed E-state index contributed by atoms with van der Waals surface area (Å²) in [5.74, 6) is -1.75. The van der Waals surface area contributed by atoms with Crippen LogP contribution < -0.4 is 0 Å². The molecule has 0 radical (unpaired) electrons. The number of aryl methyl sites for hydroxylation is 2. The maximum atomic E-state index is 15.1. The van der Waals surface area contributed by atoms with Crippen molar-refractivity contribution in [1.82, 2.24) is 0 Å². The second-order valence-corrected chi connectivity index (χ2v) is 10.4. The summed E-state index contributed by atoms with van der Waals surface area (Å²) in [5.41, 5.74) is 4.26. The third-order valence-corrected chi connectivity index (χ3v) is 7.69. The van der Waals surface area contributed by atoms with Crippen molar-refractivity contribution in [2.75, 3.05) is 0 Å². The molecule has 4 heteroatoms. The topological polar surface area (TPSA) is 9.23 Å². The molecule has 0 unspecified atom stereocenters. The molecule has 0 heterocycles. The summed E-state index contributed by atoms with van der Waals surface area (Å²) in [7, 11) is 0. The Bertz CT molecular complexity index is 1150. The Morgan fingerprint density at radius 1 is 0.730 bits per heavy atom. The summed E-state index contributed by atoms with van der Waals surface area (Å²) in [6.07, 6.45) is 9.28. The van der Waals surface area contributed by atoms with Crippen LogP contribution in [0.3, 0.4) is 0 Å². The average Bonchev–Trinajstić information content (AvgIpc) is 2.91. The molecular formula is C33H39F3O. The van der Waals surface area contributed by atoms with E-state index in [1.54, 1.807) is 18.2 Å². The largest absolute Gasteiger partial charge is 0.373 e. The van der Waals surface area contributed by atoms with Gasteiger partial charge in [-0.1, -0.05) is 81.6 Å². The zero-order valence-corrected chi connectivity index (χ0v) is 22.2. The summed E-state index contributed by atoms with van der Waals surface area (Å²) in [5, 5.41) is 0. The molecule has 0 saturated heterocycles. The van der Waals surface area contributed by atoms with Crippen LogP contribution >= 0.6 is 0 Å². The quantitative estimate of drug-likeness (QED) is 0.234. The summed E-state index contributed by atoms with van der Waals surface area (Å²) in [6.45, 7) is 4.52. The van der Waals surface area contributed by atoms with Crippen LogP contribution in [0.1, 0.15) is 93.4 Å². The van der Waals surface area contributed by atoms with Crippen molar-refractivity contribution in [3.63, 3.8) is 0 Å². The number of hydrogen-bond donors (Lipinski definition) is 0. The highest BCUT2D eigenvalue weighted by atomic mass is 19.2. The fourth-order valence-corrected chi connectivity index (χ4v) is 5.43. The average molecular weight is 509 g/mol. The number of unbranched alkanes of at least 4 members (excludes halogenated alkanes) is 2. The Labute approximate surface area is 220 Å². The zero-order valence-electron chi connectivity index (χ0n) is 22.2. The van der Waals surface area contributed by atoms with Crippen LogP contribution in [-0.4, -0.2) is 6.10 Å². The molecule has 0 atom stereocenters. The Morgan fingerprint density at radius 3 is 2.14 bits per heavy atom. The van der Waals surface area contributed by atoms with Gasteiger partial charge in [0, 0.05) is 11.1 Å². The standard InChI is InChI=1S/C33H39F3O/c1-3-5-6-8-24-11-14-27(31(34)21-24)22-37-28-17-15-26(16-18-28)30-20-19-29(32(35)33(30)36)25-12-9-23(7-4-2)10-13-25/h9-14,19-21,26,28H,3-8,15-18,22H2,1-2H3. The molecule has 0 N–H and O–H groups in total. The van der Waals surface area contributed by atoms with Crippen LogP contribution in [0.4, 0.5) is 13.2 Å². The van der Waals surface area contributed by atoms with Crippen molar-refractivity contribution in [1.29, 1.82) is 0 Å². The predicted molar refractivity (Wildman–Crippen MR) is 145 cm³/mol. The van der Waals surface area contributed by atoms with Crippen LogP contribution in [0.15, 0.2) is 54.6 Å². The van der Waals surface area contributed by atoms with Gasteiger partial charge < -0.3 is 4.74 Å². The number of halogens is 3. The molecule has 1 saturated carbocycles. The van der Waals surface area contributed by atoms with E-state index in [1.807, 2.05) is 36.4 Å². The fraction of sp³-hybridized carbons (Fsp3) is 0.455. The molecule has 1 aliphatic carbocycles. The van der Waals surface area contributed by atoms with E-state index in [-0.39, 0.29) is 24.4 Å². The molecule has 0 aliphatic heterocycles. The Kier molecular flexibility index (Phi) is 9.85. The normalized spacial score (nSPS) is 17.8. The van der Waals surface area contributed by atoms with Gasteiger partial charge in [-0.15, -0.1) is 0 Å². The highest BCUT2D eigenvalue weighted by molar-refractivity contribution is 5.65. The van der Waals surface area contributed by atoms with Gasteiger partial charge in [0.1, 0.15) is 5.82 Å². The summed E-state index contributed by atoms with van der Waals surface area (Å²) in [6, 6.07) is 16.6. The second-order valence-electron chi connectivity index (χ2n) is 10.4. The monoisotopic (exact) mass is 508 g/mol. The minimum atomic E-state index is -0.771. The fourth-order valence-electron chi connectivity index (χ4n) is 5.43. The van der Waals surface area contributed by atoms with Crippen molar-refractivity contribution < 1.29 is 17.9 Å². The molecule has 37 heavy (non-hydrogen) atoms. The van der Waals surface area contributed by atoms with E-state index in [0.29, 0.717) is 22.3 Å². The zero-order chi connectivity index (χ0) is 26.2. The van der Waals surface area contributed by atoms with Gasteiger partial charge in [0.2, 0.25) is 0 Å². The van der Waals surface area contributed by atoms with E-state index in [0.717, 1.165) is 69.8 Å². The summed E-state index contributed by atoms with van der Waals surface area (Å²) in [4.78, 5) is 0. The lowest BCUT2D eigenvalue weighted by Crippen LogP contribution is -2.21. The minimum Gasteiger partial charge on any atom is -0.373 e. The Morgan fingerprint density at radius 2 is 1.46 bits per heavy atom. The lowest BCUT2D eigenvalue weighted by atomic mass is 9.82. The highest BCUT2D eigenvalue weighted by Crippen LogP contribution is 2.38. The first-order valence-electron chi connectivity index (χ1n) is 14.0. The highest BCUT2D eigenvalue weighted by Gasteiger charge is 2.27. The molecule has 0 amide bonds. The Hall–Kier alpha value is -2.59. The van der Waals surface area contributed by atoms with Crippen molar-refractivity contribution in [3.8, 4) is 11.1 Å². The van der Waals surface area contributed by atoms with Gasteiger partial charge in [-0.3, -0.25) is 0 Å². The van der Waals surface area contributed by atoms with Crippen LogP contribution in [0.25, 0.3) is 11.1 Å². The van der Waals surface area contributed by atoms with E-state index in [9.17, 15) is 4.39 Å². The summed E-state index contributed by atoms with van der Waals surface area (Å²) >= 11 is 0. The third-order valence-electron chi connectivity index (χ3n) is 7.69. The van der Waals surface area contributed by atoms with Gasteiger partial charge >= 0.3 is 0 Å². The van der Waals surface area contributed by atoms with Gasteiger partial charge in [0.05, 0.1) is 12.7 Å². The lowest BCUT2D eigenvalue weighted by Gasteiger charge is -2.29. The van der Waals surface area contributed by atoms with E-state index >= 15 is 8.78 Å². The first kappa shape index (κ1) is 27.4. The predicted octanol–water partition coefficient (Wildman–Crippen LogP) is 9.70. The maximum absolute atomic E-state index is 15.1. The SMILES string of the molecule is CCCCCc1ccc(COC2CCC(c3ccc(-c4ccc(CCC)cc4)c(F)c3F)CC2)c(F)c1. The van der Waals surface area contributed by atoms with Crippen LogP contribution in [0.5, 0.6) is 0 Å². The number of rotatable bonds is 11. The van der Waals surface area contributed by atoms with Gasteiger partial charge in [-0.25, -0.2) is 13.2 Å². The molecule has 1 fully saturated rings. The molecule has 0 spiro atoms. The molecule has 198 valence electrons. The van der Waals surface area contributed by atoms with Crippen molar-refractivity contribution >= 4 is 0 Å². The number of benzene rings is 3. The van der Waals surface area contributed by atoms with Crippen LogP contribution in [0.2, 0.25) is 0 Å². The minimum absolute atomic E-state index is 0.00805. The molecule has 1 aliphatic rings. The lowest BCUT2D eigenvalue weighted by molar-refractivity contribution is 0.0119. The van der Waals surface area contributed by atoms with Crippen LogP contribution in [0, 0.1) is 17.5 Å². The van der Waals surface area contributed by atoms with E-state index < -0.39 is 11.6 Å².